The fraction of sp³-hybridized carbons (Fsp3) is 0.154. The highest BCUT2D eigenvalue weighted by Gasteiger charge is 2.12. The lowest BCUT2D eigenvalue weighted by Crippen LogP contribution is -2.04. The fourth-order valence-electron chi connectivity index (χ4n) is 1.78. The molecule has 0 saturated carbocycles. The third kappa shape index (κ3) is 2.46. The van der Waals surface area contributed by atoms with E-state index in [1.165, 1.54) is 12.1 Å². The van der Waals surface area contributed by atoms with Crippen LogP contribution in [0, 0.1) is 12.7 Å². The number of rotatable bonds is 3. The second kappa shape index (κ2) is 4.94. The molecule has 1 N–H and O–H groups in total. The first-order chi connectivity index (χ1) is 8.49. The van der Waals surface area contributed by atoms with Gasteiger partial charge in [0.15, 0.2) is 0 Å². The van der Waals surface area contributed by atoms with Crippen molar-refractivity contribution in [2.45, 2.75) is 13.5 Å². The van der Waals surface area contributed by atoms with Gasteiger partial charge in [0, 0.05) is 22.9 Å². The first-order valence-electron chi connectivity index (χ1n) is 5.32. The van der Waals surface area contributed by atoms with E-state index in [2.05, 4.69) is 15.9 Å². The zero-order valence-electron chi connectivity index (χ0n) is 9.65. The fourth-order valence-corrected chi connectivity index (χ4v) is 2.26. The summed E-state index contributed by atoms with van der Waals surface area (Å²) in [6, 6.07) is 6.03. The number of hydrogen-bond acceptors (Lipinski definition) is 1. The molecule has 0 amide bonds. The van der Waals surface area contributed by atoms with E-state index in [4.69, 9.17) is 5.11 Å². The second-order valence-corrected chi connectivity index (χ2v) is 4.84. The molecule has 1 aromatic heterocycles. The Morgan fingerprint density at radius 3 is 2.72 bits per heavy atom. The SMILES string of the molecule is Cc1c(C(=O)O)ccn1Cc1ccc(F)cc1Br. The van der Waals surface area contributed by atoms with Gasteiger partial charge in [-0.3, -0.25) is 0 Å². The van der Waals surface area contributed by atoms with Gasteiger partial charge in [-0.1, -0.05) is 22.0 Å². The Hall–Kier alpha value is -1.62. The third-order valence-corrected chi connectivity index (χ3v) is 3.57. The highest BCUT2D eigenvalue weighted by Crippen LogP contribution is 2.20. The maximum atomic E-state index is 13.0. The minimum Gasteiger partial charge on any atom is -0.478 e. The molecule has 0 fully saturated rings. The molecular formula is C13H11BrFNO2. The number of nitrogens with zero attached hydrogens (tertiary/aromatic N) is 1. The third-order valence-electron chi connectivity index (χ3n) is 2.83. The molecule has 2 rings (SSSR count). The van der Waals surface area contributed by atoms with Crippen LogP contribution in [0.4, 0.5) is 4.39 Å². The van der Waals surface area contributed by atoms with Crippen LogP contribution >= 0.6 is 15.9 Å². The number of benzene rings is 1. The Kier molecular flexibility index (Phi) is 3.52. The number of aromatic carboxylic acids is 1. The summed E-state index contributed by atoms with van der Waals surface area (Å²) in [6.07, 6.45) is 1.72. The van der Waals surface area contributed by atoms with Gasteiger partial charge in [-0.2, -0.15) is 0 Å². The molecule has 0 bridgehead atoms. The molecule has 3 nitrogen and oxygen atoms in total. The Morgan fingerprint density at radius 2 is 2.17 bits per heavy atom. The van der Waals surface area contributed by atoms with Crippen molar-refractivity contribution in [3.63, 3.8) is 0 Å². The molecule has 1 aromatic carbocycles. The molecule has 0 aliphatic rings. The lowest BCUT2D eigenvalue weighted by Gasteiger charge is -2.09. The summed E-state index contributed by atoms with van der Waals surface area (Å²) in [6.45, 7) is 2.25. The number of carbonyl (C=O) groups is 1. The largest absolute Gasteiger partial charge is 0.478 e. The minimum atomic E-state index is -0.940. The lowest BCUT2D eigenvalue weighted by molar-refractivity contribution is 0.0696. The zero-order valence-corrected chi connectivity index (χ0v) is 11.2. The van der Waals surface area contributed by atoms with Gasteiger partial charge >= 0.3 is 5.97 Å². The molecule has 18 heavy (non-hydrogen) atoms. The van der Waals surface area contributed by atoms with E-state index in [9.17, 15) is 9.18 Å². The Labute approximate surface area is 112 Å². The average molecular weight is 312 g/mol. The Balaban J connectivity index is 2.32. The van der Waals surface area contributed by atoms with Crippen molar-refractivity contribution in [3.8, 4) is 0 Å². The molecule has 0 atom stereocenters. The quantitative estimate of drug-likeness (QED) is 0.943. The van der Waals surface area contributed by atoms with Crippen LogP contribution in [0.5, 0.6) is 0 Å². The minimum absolute atomic E-state index is 0.285. The van der Waals surface area contributed by atoms with Gasteiger partial charge in [0.25, 0.3) is 0 Å². The van der Waals surface area contributed by atoms with Crippen molar-refractivity contribution in [2.75, 3.05) is 0 Å². The van der Waals surface area contributed by atoms with Gasteiger partial charge in [-0.05, 0) is 30.7 Å². The van der Waals surface area contributed by atoms with Gasteiger partial charge in [0.2, 0.25) is 0 Å². The molecule has 0 radical (unpaired) electrons. The van der Waals surface area contributed by atoms with E-state index in [1.807, 2.05) is 4.57 Å². The van der Waals surface area contributed by atoms with Crippen LogP contribution in [0.1, 0.15) is 21.6 Å². The number of carboxylic acid groups (broad SMARTS) is 1. The van der Waals surface area contributed by atoms with Gasteiger partial charge in [-0.15, -0.1) is 0 Å². The van der Waals surface area contributed by atoms with Crippen molar-refractivity contribution < 1.29 is 14.3 Å². The molecule has 0 saturated heterocycles. The molecule has 1 heterocycles. The van der Waals surface area contributed by atoms with E-state index in [0.717, 1.165) is 5.56 Å². The predicted octanol–water partition coefficient (Wildman–Crippen LogP) is 3.44. The molecular weight excluding hydrogens is 301 g/mol. The van der Waals surface area contributed by atoms with Crippen LogP contribution in [0.15, 0.2) is 34.9 Å². The second-order valence-electron chi connectivity index (χ2n) is 3.98. The normalized spacial score (nSPS) is 10.6. The zero-order chi connectivity index (χ0) is 13.3. The number of halogens is 2. The van der Waals surface area contributed by atoms with E-state index < -0.39 is 5.97 Å². The summed E-state index contributed by atoms with van der Waals surface area (Å²) in [5, 5.41) is 8.96. The summed E-state index contributed by atoms with van der Waals surface area (Å²) in [5.74, 6) is -1.24. The van der Waals surface area contributed by atoms with Crippen LogP contribution in [-0.2, 0) is 6.54 Å². The van der Waals surface area contributed by atoms with Crippen molar-refractivity contribution in [2.24, 2.45) is 0 Å². The number of hydrogen-bond donors (Lipinski definition) is 1. The Morgan fingerprint density at radius 1 is 1.44 bits per heavy atom. The standard InChI is InChI=1S/C13H11BrFNO2/c1-8-11(13(17)18)4-5-16(8)7-9-2-3-10(15)6-12(9)14/h2-6H,7H2,1H3,(H,17,18). The van der Waals surface area contributed by atoms with Gasteiger partial charge in [0.05, 0.1) is 5.56 Å². The summed E-state index contributed by atoms with van der Waals surface area (Å²) in [7, 11) is 0. The van der Waals surface area contributed by atoms with Gasteiger partial charge in [0.1, 0.15) is 5.82 Å². The van der Waals surface area contributed by atoms with Gasteiger partial charge < -0.3 is 9.67 Å². The predicted molar refractivity (Wildman–Crippen MR) is 69.3 cm³/mol. The molecule has 0 unspecified atom stereocenters. The van der Waals surface area contributed by atoms with Crippen LogP contribution in [0.2, 0.25) is 0 Å². The molecule has 0 spiro atoms. The van der Waals surface area contributed by atoms with Crippen LogP contribution in [0.3, 0.4) is 0 Å². The van der Waals surface area contributed by atoms with Crippen molar-refractivity contribution >= 4 is 21.9 Å². The molecule has 0 aliphatic heterocycles. The van der Waals surface area contributed by atoms with Crippen molar-refractivity contribution in [1.82, 2.24) is 4.57 Å². The van der Waals surface area contributed by atoms with E-state index in [1.54, 1.807) is 25.3 Å². The van der Waals surface area contributed by atoms with Crippen molar-refractivity contribution in [3.05, 3.63) is 57.6 Å². The summed E-state index contributed by atoms with van der Waals surface area (Å²) in [4.78, 5) is 10.9. The van der Waals surface area contributed by atoms with Crippen LogP contribution < -0.4 is 0 Å². The smallest absolute Gasteiger partial charge is 0.337 e. The maximum Gasteiger partial charge on any atom is 0.337 e. The topological polar surface area (TPSA) is 42.2 Å². The van der Waals surface area contributed by atoms with Crippen LogP contribution in [0.25, 0.3) is 0 Å². The highest BCUT2D eigenvalue weighted by molar-refractivity contribution is 9.10. The van der Waals surface area contributed by atoms with E-state index >= 15 is 0 Å². The monoisotopic (exact) mass is 311 g/mol. The Bertz CT molecular complexity index is 607. The summed E-state index contributed by atoms with van der Waals surface area (Å²) < 4.78 is 15.5. The molecule has 2 aromatic rings. The number of aromatic nitrogens is 1. The highest BCUT2D eigenvalue weighted by atomic mass is 79.9. The van der Waals surface area contributed by atoms with Gasteiger partial charge in [-0.25, -0.2) is 9.18 Å². The summed E-state index contributed by atoms with van der Waals surface area (Å²) in [5.41, 5.74) is 1.86. The summed E-state index contributed by atoms with van der Waals surface area (Å²) >= 11 is 3.30. The first-order valence-corrected chi connectivity index (χ1v) is 6.11. The molecule has 5 heteroatoms. The molecule has 0 aliphatic carbocycles. The molecule has 94 valence electrons. The number of carboxylic acids is 1. The lowest BCUT2D eigenvalue weighted by atomic mass is 10.2. The average Bonchev–Trinajstić information content (AvgIpc) is 2.64. The maximum absolute atomic E-state index is 13.0. The van der Waals surface area contributed by atoms with Crippen molar-refractivity contribution in [1.29, 1.82) is 0 Å². The van der Waals surface area contributed by atoms with Crippen LogP contribution in [-0.4, -0.2) is 15.6 Å². The van der Waals surface area contributed by atoms with E-state index in [-0.39, 0.29) is 11.4 Å². The first kappa shape index (κ1) is 12.8. The van der Waals surface area contributed by atoms with E-state index in [0.29, 0.717) is 16.7 Å².